The van der Waals surface area contributed by atoms with E-state index in [1.165, 1.54) is 0 Å². The molecule has 0 aromatic rings. The minimum atomic E-state index is -6.06. The van der Waals surface area contributed by atoms with Gasteiger partial charge in [-0.15, -0.1) is 0 Å². The fraction of sp³-hybridized carbons (Fsp3) is 1.00. The van der Waals surface area contributed by atoms with Gasteiger partial charge in [-0.3, -0.25) is 0 Å². The fourth-order valence-corrected chi connectivity index (χ4v) is 2.29. The molecular weight excluding hydrogens is 355 g/mol. The van der Waals surface area contributed by atoms with Crippen LogP contribution in [0.4, 0.5) is 39.5 Å². The van der Waals surface area contributed by atoms with Gasteiger partial charge in [0, 0.05) is 0 Å². The molecule has 2 rings (SSSR count). The van der Waals surface area contributed by atoms with Crippen molar-refractivity contribution in [2.75, 3.05) is 19.8 Å². The Labute approximate surface area is 122 Å². The maximum atomic E-state index is 12.8. The van der Waals surface area contributed by atoms with Crippen molar-refractivity contribution in [2.45, 2.75) is 42.6 Å². The van der Waals surface area contributed by atoms with Crippen LogP contribution in [-0.4, -0.2) is 56.0 Å². The summed E-state index contributed by atoms with van der Waals surface area (Å²) in [5.41, 5.74) is 0. The van der Waals surface area contributed by atoms with Crippen LogP contribution >= 0.6 is 0 Å². The van der Waals surface area contributed by atoms with E-state index in [1.807, 2.05) is 0 Å². The molecule has 0 amide bonds. The van der Waals surface area contributed by atoms with Crippen LogP contribution in [0.15, 0.2) is 0 Å². The topological polar surface area (TPSA) is 36.9 Å². The van der Waals surface area contributed by atoms with Crippen molar-refractivity contribution in [2.24, 2.45) is 0 Å². The Balaban J connectivity index is 2.32. The lowest BCUT2D eigenvalue weighted by Gasteiger charge is -2.35. The summed E-state index contributed by atoms with van der Waals surface area (Å²) in [4.78, 5) is 0. The number of alkyl halides is 9. The summed E-state index contributed by atoms with van der Waals surface area (Å²) in [6.07, 6.45) is -21.4. The average Bonchev–Trinajstić information content (AvgIpc) is 2.90. The van der Waals surface area contributed by atoms with Gasteiger partial charge in [0.15, 0.2) is 0 Å². The highest BCUT2D eigenvalue weighted by Gasteiger charge is 2.79. The second-order valence-corrected chi connectivity index (χ2v) is 4.83. The Hall–Kier alpha value is -0.790. The molecule has 2 aliphatic heterocycles. The van der Waals surface area contributed by atoms with Gasteiger partial charge in [0.05, 0.1) is 19.8 Å². The van der Waals surface area contributed by atoms with Crippen molar-refractivity contribution in [1.82, 2.24) is 0 Å². The molecule has 2 heterocycles. The van der Waals surface area contributed by atoms with E-state index in [1.54, 1.807) is 0 Å². The smallest absolute Gasteiger partial charge is 0.345 e. The summed E-state index contributed by atoms with van der Waals surface area (Å²) in [6, 6.07) is 0. The largest absolute Gasteiger partial charge is 0.453 e. The molecule has 0 aliphatic carbocycles. The third kappa shape index (κ3) is 3.23. The lowest BCUT2D eigenvalue weighted by molar-refractivity contribution is -0.449. The van der Waals surface area contributed by atoms with Gasteiger partial charge < -0.3 is 18.9 Å². The van der Waals surface area contributed by atoms with Crippen LogP contribution in [0.1, 0.15) is 6.42 Å². The average molecular weight is 364 g/mol. The quantitative estimate of drug-likeness (QED) is 0.707. The van der Waals surface area contributed by atoms with E-state index >= 15 is 0 Å². The van der Waals surface area contributed by atoms with Crippen LogP contribution in [0.25, 0.3) is 0 Å². The zero-order valence-corrected chi connectivity index (χ0v) is 10.9. The van der Waals surface area contributed by atoms with Crippen molar-refractivity contribution in [1.29, 1.82) is 0 Å². The van der Waals surface area contributed by atoms with Crippen LogP contribution in [0, 0.1) is 0 Å². The Kier molecular flexibility index (Phi) is 4.32. The summed E-state index contributed by atoms with van der Waals surface area (Å²) >= 11 is 0. The van der Waals surface area contributed by atoms with E-state index in [2.05, 4.69) is 18.9 Å². The summed E-state index contributed by atoms with van der Waals surface area (Å²) < 4.78 is 131. The first-order valence-corrected chi connectivity index (χ1v) is 6.02. The highest BCUT2D eigenvalue weighted by atomic mass is 19.4. The fourth-order valence-electron chi connectivity index (χ4n) is 2.29. The van der Waals surface area contributed by atoms with E-state index in [0.29, 0.717) is 0 Å². The molecule has 23 heavy (non-hydrogen) atoms. The summed E-state index contributed by atoms with van der Waals surface area (Å²) in [5, 5.41) is 0. The highest BCUT2D eigenvalue weighted by molar-refractivity contribution is 4.98. The number of ether oxygens (including phenoxy) is 4. The molecule has 2 saturated heterocycles. The van der Waals surface area contributed by atoms with Crippen LogP contribution < -0.4 is 0 Å². The van der Waals surface area contributed by atoms with E-state index < -0.39 is 62.4 Å². The third-order valence-electron chi connectivity index (χ3n) is 3.21. The number of hydrogen-bond donors (Lipinski definition) is 0. The van der Waals surface area contributed by atoms with Crippen molar-refractivity contribution in [3.05, 3.63) is 0 Å². The molecule has 1 atom stereocenters. The normalized spacial score (nSPS) is 28.3. The minimum Gasteiger partial charge on any atom is -0.345 e. The first-order valence-electron chi connectivity index (χ1n) is 6.02. The Morgan fingerprint density at radius 3 is 1.61 bits per heavy atom. The monoisotopic (exact) mass is 364 g/mol. The summed E-state index contributed by atoms with van der Waals surface area (Å²) in [5.74, 6) is -7.85. The van der Waals surface area contributed by atoms with Gasteiger partial charge in [-0.05, 0) is 0 Å². The molecule has 0 spiro atoms. The van der Waals surface area contributed by atoms with Crippen molar-refractivity contribution in [3.8, 4) is 0 Å². The van der Waals surface area contributed by atoms with E-state index in [4.69, 9.17) is 0 Å². The van der Waals surface area contributed by atoms with E-state index in [-0.39, 0.29) is 0 Å². The van der Waals surface area contributed by atoms with Gasteiger partial charge in [0.25, 0.3) is 0 Å². The van der Waals surface area contributed by atoms with Gasteiger partial charge in [0.2, 0.25) is 5.79 Å². The molecule has 0 bridgehead atoms. The molecular formula is C10H9F9O4. The molecule has 0 N–H and O–H groups in total. The molecule has 0 aromatic carbocycles. The zero-order chi connectivity index (χ0) is 17.7. The molecule has 13 heteroatoms. The number of halogens is 9. The predicted molar refractivity (Wildman–Crippen MR) is 51.0 cm³/mol. The van der Waals surface area contributed by atoms with Crippen LogP contribution in [0.2, 0.25) is 0 Å². The first-order chi connectivity index (χ1) is 10.2. The van der Waals surface area contributed by atoms with Crippen molar-refractivity contribution < 1.29 is 58.5 Å². The molecule has 1 unspecified atom stereocenters. The standard InChI is InChI=1S/C10H9F9O4/c11-7(12,13)4-6(20-1-2-21-6)5-3-22-8(23-5,9(14,15)16)10(17,18)19/h5H,1-4H2. The Morgan fingerprint density at radius 1 is 0.783 bits per heavy atom. The second-order valence-electron chi connectivity index (χ2n) is 4.83. The number of rotatable bonds is 2. The maximum Gasteiger partial charge on any atom is 0.453 e. The molecule has 0 aromatic heterocycles. The predicted octanol–water partition coefficient (Wildman–Crippen LogP) is 2.92. The highest BCUT2D eigenvalue weighted by Crippen LogP contribution is 2.53. The number of hydrogen-bond acceptors (Lipinski definition) is 4. The van der Waals surface area contributed by atoms with Crippen molar-refractivity contribution in [3.63, 3.8) is 0 Å². The van der Waals surface area contributed by atoms with Crippen LogP contribution in [0.3, 0.4) is 0 Å². The molecule has 2 aliphatic rings. The molecule has 2 fully saturated rings. The first kappa shape index (κ1) is 18.5. The van der Waals surface area contributed by atoms with E-state index in [0.717, 1.165) is 0 Å². The van der Waals surface area contributed by atoms with E-state index in [9.17, 15) is 39.5 Å². The molecule has 136 valence electrons. The maximum absolute atomic E-state index is 12.8. The van der Waals surface area contributed by atoms with Crippen LogP contribution in [-0.2, 0) is 18.9 Å². The van der Waals surface area contributed by atoms with Gasteiger partial charge in [-0.1, -0.05) is 0 Å². The van der Waals surface area contributed by atoms with Crippen LogP contribution in [0.5, 0.6) is 0 Å². The Bertz CT molecular complexity index is 421. The third-order valence-corrected chi connectivity index (χ3v) is 3.21. The lowest BCUT2D eigenvalue weighted by atomic mass is 10.1. The molecule has 4 nitrogen and oxygen atoms in total. The van der Waals surface area contributed by atoms with Gasteiger partial charge in [0.1, 0.15) is 12.5 Å². The van der Waals surface area contributed by atoms with Crippen molar-refractivity contribution >= 4 is 0 Å². The minimum absolute atomic E-state index is 0.443. The summed E-state index contributed by atoms with van der Waals surface area (Å²) in [7, 11) is 0. The Morgan fingerprint density at radius 2 is 1.26 bits per heavy atom. The molecule has 0 radical (unpaired) electrons. The SMILES string of the molecule is FC(F)(F)CC1(C2COC(C(F)(F)F)(C(F)(F)F)O2)OCCO1. The lowest BCUT2D eigenvalue weighted by Crippen LogP contribution is -2.59. The van der Waals surface area contributed by atoms with Gasteiger partial charge in [-0.2, -0.15) is 39.5 Å². The zero-order valence-electron chi connectivity index (χ0n) is 10.9. The van der Waals surface area contributed by atoms with Gasteiger partial charge in [-0.25, -0.2) is 0 Å². The summed E-state index contributed by atoms with van der Waals surface area (Å²) in [6.45, 7) is -2.32. The second kappa shape index (κ2) is 5.36. The van der Waals surface area contributed by atoms with Gasteiger partial charge >= 0.3 is 24.3 Å². The molecule has 0 saturated carbocycles.